The molecule has 8 aliphatic rings. The third-order valence-electron chi connectivity index (χ3n) is 24.0. The van der Waals surface area contributed by atoms with Gasteiger partial charge in [0, 0.05) is 47.2 Å². The molecule has 0 radical (unpaired) electrons. The predicted octanol–water partition coefficient (Wildman–Crippen LogP) is 12.3. The molecule has 24 nitrogen and oxygen atoms in total. The Balaban J connectivity index is 0.000000221. The fraction of sp³-hybridized carbons (Fsp3) is 0.634. The Morgan fingerprint density at radius 2 is 0.911 bits per heavy atom. The van der Waals surface area contributed by atoms with E-state index in [0.717, 1.165) is 51.3 Å². The van der Waals surface area contributed by atoms with Gasteiger partial charge in [-0.15, -0.1) is 0 Å². The van der Waals surface area contributed by atoms with E-state index in [0.29, 0.717) is 86.5 Å². The lowest BCUT2D eigenvalue weighted by Gasteiger charge is -2.34. The lowest BCUT2D eigenvalue weighted by molar-refractivity contribution is -0.175. The van der Waals surface area contributed by atoms with Gasteiger partial charge in [-0.25, -0.2) is 44.4 Å². The third kappa shape index (κ3) is 19.2. The Bertz CT molecular complexity index is 4220. The summed E-state index contributed by atoms with van der Waals surface area (Å²) in [6, 6.07) is 12.5. The highest BCUT2D eigenvalue weighted by molar-refractivity contribution is 7.91. The van der Waals surface area contributed by atoms with Crippen LogP contribution in [0.4, 0.5) is 17.6 Å². The lowest BCUT2D eigenvalue weighted by atomic mass is 9.79. The first-order valence-corrected chi connectivity index (χ1v) is 42.4. The molecule has 6 fully saturated rings. The second-order valence-corrected chi connectivity index (χ2v) is 37.2. The van der Waals surface area contributed by atoms with Crippen molar-refractivity contribution in [3.8, 4) is 23.3 Å². The Labute approximate surface area is 652 Å². The molecule has 2 saturated heterocycles. The van der Waals surface area contributed by atoms with E-state index in [4.69, 9.17) is 28.4 Å². The number of amides is 4. The molecule has 6 heterocycles. The smallest absolute Gasteiger partial charge is 0.307 e. The molecule has 2 N–H and O–H groups in total. The van der Waals surface area contributed by atoms with E-state index in [9.17, 15) is 72.8 Å². The number of ketones is 2. The number of allylic oxidation sites excluding steroid dienone is 4. The van der Waals surface area contributed by atoms with E-state index in [2.05, 4.69) is 19.4 Å². The molecule has 12 rings (SSSR count). The van der Waals surface area contributed by atoms with Crippen LogP contribution in [0, 0.1) is 58.2 Å². The third-order valence-corrected chi connectivity index (χ3v) is 27.7. The van der Waals surface area contributed by atoms with Gasteiger partial charge in [-0.3, -0.25) is 47.8 Å². The largest absolute Gasteiger partial charge is 0.494 e. The van der Waals surface area contributed by atoms with Crippen molar-refractivity contribution in [2.75, 3.05) is 27.3 Å². The first kappa shape index (κ1) is 84.6. The maximum absolute atomic E-state index is 14.9. The molecule has 2 aromatic heterocycles. The van der Waals surface area contributed by atoms with E-state index < -0.39 is 162 Å². The number of nitrogens with one attached hydrogen (secondary N) is 2. The number of benzene rings is 2. The second-order valence-electron chi connectivity index (χ2n) is 33.3. The molecule has 0 unspecified atom stereocenters. The number of aromatic nitrogens is 2. The summed E-state index contributed by atoms with van der Waals surface area (Å²) < 4.78 is 146. The summed E-state index contributed by atoms with van der Waals surface area (Å²) in [5.74, 6) is -6.95. The van der Waals surface area contributed by atoms with Gasteiger partial charge < -0.3 is 38.2 Å². The van der Waals surface area contributed by atoms with Crippen molar-refractivity contribution in [1.29, 1.82) is 0 Å². The van der Waals surface area contributed by atoms with Gasteiger partial charge >= 0.3 is 11.9 Å². The van der Waals surface area contributed by atoms with Gasteiger partial charge in [0.25, 0.3) is 12.9 Å². The number of carbonyl (C=O) groups is 8. The summed E-state index contributed by atoms with van der Waals surface area (Å²) >= 11 is 0. The molecule has 4 aliphatic carbocycles. The molecule has 4 saturated carbocycles. The number of halogens is 4. The van der Waals surface area contributed by atoms with Gasteiger partial charge in [-0.2, -0.15) is 0 Å². The molecule has 4 amide bonds. The molecule has 4 aliphatic heterocycles. The van der Waals surface area contributed by atoms with Crippen LogP contribution in [0.5, 0.6) is 23.3 Å². The number of alkyl halides is 4. The molecule has 612 valence electrons. The van der Waals surface area contributed by atoms with Crippen LogP contribution in [-0.4, -0.2) is 170 Å². The molecule has 4 aromatic rings. The highest BCUT2D eigenvalue weighted by Crippen LogP contribution is 2.59. The molecule has 112 heavy (non-hydrogen) atoms. The number of methoxy groups -OCH3 is 2. The van der Waals surface area contributed by atoms with Gasteiger partial charge in [0.05, 0.1) is 97.8 Å². The number of fused-ring (bicyclic) bond motifs is 6. The average molecular weight is 1600 g/mol. The minimum atomic E-state index is -3.90. The summed E-state index contributed by atoms with van der Waals surface area (Å²) in [6.07, 6.45) is 9.07. The monoisotopic (exact) mass is 1600 g/mol. The first-order chi connectivity index (χ1) is 53.0. The number of esters is 2. The molecular formula is C82H106F4N6O18S2. The van der Waals surface area contributed by atoms with Gasteiger partial charge in [-0.05, 0) is 152 Å². The lowest BCUT2D eigenvalue weighted by Crippen LogP contribution is -2.48. The number of carbonyl (C=O) groups excluding carboxylic acids is 8. The Hall–Kier alpha value is -8.28. The normalized spacial score (nSPS) is 29.5. The molecule has 0 spiro atoms. The van der Waals surface area contributed by atoms with Crippen molar-refractivity contribution in [3.05, 3.63) is 85.2 Å². The van der Waals surface area contributed by atoms with E-state index in [1.54, 1.807) is 0 Å². The van der Waals surface area contributed by atoms with Gasteiger partial charge in [-0.1, -0.05) is 101 Å². The highest BCUT2D eigenvalue weighted by Gasteiger charge is 2.64. The molecule has 30 heteroatoms. The highest BCUT2D eigenvalue weighted by atomic mass is 32.2. The first-order valence-electron chi connectivity index (χ1n) is 39.3. The van der Waals surface area contributed by atoms with Crippen LogP contribution < -0.4 is 28.4 Å². The summed E-state index contributed by atoms with van der Waals surface area (Å²) in [4.78, 5) is 125. The SMILES string of the molecule is CC[C@@H]1C[C@@H](C)CC/C=C\[C@@H]2C[C@@]2(C(=O)NS(=O)(=O)C2CC2)CC(=O)[C@@H]2C[C@@H](Oc3ncc(OC)c4ccccc34)CN2C(=O)[C@H]1CC(=O)OC(C)(C)C(F)F.CC[C@@H]1C[C@H](C)CC/C=C\[C@@H]2C[C@@]2(C(=O)NS(=O)(=O)C2CC2)CC(=O)[C@@H]2C[C@@H](Oc3ncc(OC)c4ccccc34)CN2C(=O)[C@H]1CC(=O)OC(C)(C)C(F)F. The van der Waals surface area contributed by atoms with Crippen LogP contribution in [0.2, 0.25) is 0 Å². The summed E-state index contributed by atoms with van der Waals surface area (Å²) in [5, 5.41) is 1.51. The topological polar surface area (TPSA) is 317 Å². The van der Waals surface area contributed by atoms with Gasteiger partial charge in [0.2, 0.25) is 55.4 Å². The molecule has 14 atom stereocenters. The van der Waals surface area contributed by atoms with Gasteiger partial charge in [0.1, 0.15) is 23.7 Å². The molecule has 2 aromatic carbocycles. The van der Waals surface area contributed by atoms with Crippen LogP contribution in [0.3, 0.4) is 0 Å². The van der Waals surface area contributed by atoms with Crippen LogP contribution in [0.1, 0.15) is 184 Å². The Morgan fingerprint density at radius 1 is 0.554 bits per heavy atom. The summed E-state index contributed by atoms with van der Waals surface area (Å²) in [7, 11) is -4.74. The van der Waals surface area contributed by atoms with Crippen LogP contribution in [0.25, 0.3) is 21.5 Å². The average Bonchev–Trinajstić information content (AvgIpc) is 1.57. The van der Waals surface area contributed by atoms with E-state index >= 15 is 0 Å². The number of nitrogens with zero attached hydrogens (tertiary/aromatic N) is 4. The Kier molecular flexibility index (Phi) is 26.0. The van der Waals surface area contributed by atoms with Crippen molar-refractivity contribution in [2.45, 2.75) is 243 Å². The second kappa shape index (κ2) is 34.4. The van der Waals surface area contributed by atoms with Crippen LogP contribution in [0.15, 0.2) is 85.2 Å². The fourth-order valence-corrected chi connectivity index (χ4v) is 19.5. The zero-order chi connectivity index (χ0) is 81.2. The zero-order valence-electron chi connectivity index (χ0n) is 65.3. The summed E-state index contributed by atoms with van der Waals surface area (Å²) in [5.41, 5.74) is -6.80. The van der Waals surface area contributed by atoms with Gasteiger partial charge in [0.15, 0.2) is 22.8 Å². The van der Waals surface area contributed by atoms with Crippen molar-refractivity contribution < 1.29 is 101 Å². The fourth-order valence-electron chi connectivity index (χ4n) is 16.7. The number of hydrogen-bond acceptors (Lipinski definition) is 20. The number of sulfonamides is 2. The van der Waals surface area contributed by atoms with Crippen molar-refractivity contribution in [1.82, 2.24) is 29.2 Å². The predicted molar refractivity (Wildman–Crippen MR) is 407 cm³/mol. The van der Waals surface area contributed by atoms with Crippen molar-refractivity contribution in [2.24, 2.45) is 58.2 Å². The van der Waals surface area contributed by atoms with E-state index in [1.165, 1.54) is 36.4 Å². The summed E-state index contributed by atoms with van der Waals surface area (Å²) in [6.45, 7) is 12.2. The zero-order valence-corrected chi connectivity index (χ0v) is 67.0. The maximum atomic E-state index is 14.9. The van der Waals surface area contributed by atoms with E-state index in [1.807, 2.05) is 101 Å². The Morgan fingerprint density at radius 3 is 1.24 bits per heavy atom. The number of hydrogen-bond donors (Lipinski definition) is 2. The van der Waals surface area contributed by atoms with E-state index in [-0.39, 0.29) is 98.9 Å². The number of ether oxygens (including phenoxy) is 6. The van der Waals surface area contributed by atoms with Crippen molar-refractivity contribution >= 4 is 88.7 Å². The van der Waals surface area contributed by atoms with Crippen LogP contribution in [-0.2, 0) is 67.9 Å². The molecular weight excluding hydrogens is 1500 g/mol. The number of pyridine rings is 2. The minimum Gasteiger partial charge on any atom is -0.494 e. The quantitative estimate of drug-likeness (QED) is 0.0419. The molecule has 0 bridgehead atoms. The number of Topliss-reactive ketones (excluding diaryl/α,β-unsaturated/α-hetero) is 2. The van der Waals surface area contributed by atoms with Crippen LogP contribution >= 0.6 is 0 Å². The number of rotatable bonds is 22. The maximum Gasteiger partial charge on any atom is 0.307 e. The minimum absolute atomic E-state index is 0.0357. The standard InChI is InChI=1S/2C41H53F2N3O9S/c2*1-6-25-17-24(2)11-7-8-12-26-20-41(26,39(50)45-56(51,52)28-15-16-28)21-33(47)32-18-27(54-36-30-14-10-9-13-29(30)34(53-5)22-44-36)23-46(32)37(49)31(25)19-35(48)55-40(3,4)38(42)43/h2*8-10,12-14,22,24-28,31-32,38H,6-7,11,15-21,23H2,1-5H3,(H,45,50)/b2*12-8-/t24-,25+,26+,27+,31-,32-,41+;24-,25-,26-,27-,31+,32+,41-/m01/s1. The van der Waals surface area contributed by atoms with Crippen molar-refractivity contribution in [3.63, 3.8) is 0 Å².